The number of hydrogen-bond donors (Lipinski definition) is 0. The number of aromatic nitrogens is 1. The van der Waals surface area contributed by atoms with Crippen LogP contribution < -0.4 is 14.2 Å². The number of benzene rings is 4. The van der Waals surface area contributed by atoms with Crippen molar-refractivity contribution in [2.75, 3.05) is 7.11 Å². The van der Waals surface area contributed by atoms with Crippen molar-refractivity contribution in [1.82, 2.24) is 4.98 Å². The molecule has 0 unspecified atom stereocenters. The summed E-state index contributed by atoms with van der Waals surface area (Å²) in [5.74, 6) is 1.44. The highest BCUT2D eigenvalue weighted by Crippen LogP contribution is 2.28. The standard InChI is InChI=1S/C30H23NO4/c1-33-23-13-11-22(12-14-23)29-19-27(26-9-5-6-10-28(26)31-29)30(32)35-25-17-15-24(16-18-25)34-20-21-7-3-2-4-8-21/h2-19H,20H2,1H3. The van der Waals surface area contributed by atoms with Crippen molar-refractivity contribution in [3.05, 3.63) is 120 Å². The van der Waals surface area contributed by atoms with Crippen molar-refractivity contribution in [3.8, 4) is 28.5 Å². The molecule has 5 nitrogen and oxygen atoms in total. The molecule has 0 spiro atoms. The predicted molar refractivity (Wildman–Crippen MR) is 136 cm³/mol. The molecule has 0 aliphatic rings. The Morgan fingerprint density at radius 1 is 0.743 bits per heavy atom. The van der Waals surface area contributed by atoms with Crippen molar-refractivity contribution in [2.24, 2.45) is 0 Å². The van der Waals surface area contributed by atoms with E-state index in [1.807, 2.05) is 78.9 Å². The fraction of sp³-hybridized carbons (Fsp3) is 0.0667. The SMILES string of the molecule is COc1ccc(-c2cc(C(=O)Oc3ccc(OCc4ccccc4)cc3)c3ccccc3n2)cc1. The van der Waals surface area contributed by atoms with Gasteiger partial charge in [0.25, 0.3) is 0 Å². The van der Waals surface area contributed by atoms with E-state index in [0.717, 1.165) is 27.8 Å². The highest BCUT2D eigenvalue weighted by molar-refractivity contribution is 6.05. The summed E-state index contributed by atoms with van der Waals surface area (Å²) in [5.41, 5.74) is 3.82. The van der Waals surface area contributed by atoms with Gasteiger partial charge in [0.15, 0.2) is 0 Å². The number of nitrogens with zero attached hydrogens (tertiary/aromatic N) is 1. The summed E-state index contributed by atoms with van der Waals surface area (Å²) in [6.45, 7) is 0.469. The lowest BCUT2D eigenvalue weighted by molar-refractivity contribution is 0.0736. The number of pyridine rings is 1. The van der Waals surface area contributed by atoms with Crippen LogP contribution in [0, 0.1) is 0 Å². The highest BCUT2D eigenvalue weighted by Gasteiger charge is 2.16. The molecule has 5 aromatic rings. The molecular weight excluding hydrogens is 438 g/mol. The number of esters is 1. The number of methoxy groups -OCH3 is 1. The van der Waals surface area contributed by atoms with Crippen LogP contribution in [0.3, 0.4) is 0 Å². The zero-order chi connectivity index (χ0) is 24.0. The lowest BCUT2D eigenvalue weighted by atomic mass is 10.0. The number of para-hydroxylation sites is 1. The van der Waals surface area contributed by atoms with Crippen molar-refractivity contribution < 1.29 is 19.0 Å². The first-order valence-corrected chi connectivity index (χ1v) is 11.2. The van der Waals surface area contributed by atoms with Crippen LogP contribution in [0.15, 0.2) is 109 Å². The second-order valence-electron chi connectivity index (χ2n) is 7.94. The second-order valence-corrected chi connectivity index (χ2v) is 7.94. The summed E-state index contributed by atoms with van der Waals surface area (Å²) in [7, 11) is 1.62. The van der Waals surface area contributed by atoms with E-state index in [-0.39, 0.29) is 0 Å². The number of ether oxygens (including phenoxy) is 3. The molecule has 5 heteroatoms. The Morgan fingerprint density at radius 2 is 1.40 bits per heavy atom. The lowest BCUT2D eigenvalue weighted by Gasteiger charge is -2.11. The van der Waals surface area contributed by atoms with Crippen LogP contribution in [0.5, 0.6) is 17.2 Å². The van der Waals surface area contributed by atoms with Gasteiger partial charge in [-0.05, 0) is 66.2 Å². The molecule has 0 fully saturated rings. The van der Waals surface area contributed by atoms with Crippen molar-refractivity contribution in [2.45, 2.75) is 6.61 Å². The van der Waals surface area contributed by atoms with Crippen LogP contribution in [0.25, 0.3) is 22.2 Å². The fourth-order valence-electron chi connectivity index (χ4n) is 3.76. The van der Waals surface area contributed by atoms with Crippen molar-refractivity contribution in [1.29, 1.82) is 0 Å². The van der Waals surface area contributed by atoms with Gasteiger partial charge in [-0.1, -0.05) is 48.5 Å². The van der Waals surface area contributed by atoms with Crippen LogP contribution in [0.1, 0.15) is 15.9 Å². The van der Waals surface area contributed by atoms with E-state index in [0.29, 0.717) is 29.4 Å². The van der Waals surface area contributed by atoms with Crippen molar-refractivity contribution >= 4 is 16.9 Å². The molecule has 0 saturated carbocycles. The minimum absolute atomic E-state index is 0.439. The molecule has 0 saturated heterocycles. The summed E-state index contributed by atoms with van der Waals surface area (Å²) in [5, 5.41) is 0.734. The van der Waals surface area contributed by atoms with Gasteiger partial charge in [0.1, 0.15) is 23.9 Å². The van der Waals surface area contributed by atoms with E-state index >= 15 is 0 Å². The number of carbonyl (C=O) groups excluding carboxylic acids is 1. The van der Waals surface area contributed by atoms with Gasteiger partial charge in [-0.2, -0.15) is 0 Å². The Bertz CT molecular complexity index is 1450. The molecule has 172 valence electrons. The lowest BCUT2D eigenvalue weighted by Crippen LogP contribution is -2.10. The molecule has 0 aliphatic carbocycles. The second kappa shape index (κ2) is 10.1. The van der Waals surface area contributed by atoms with E-state index in [9.17, 15) is 4.79 Å². The zero-order valence-electron chi connectivity index (χ0n) is 19.2. The maximum absolute atomic E-state index is 13.2. The Hall–Kier alpha value is -4.64. The molecular formula is C30H23NO4. The smallest absolute Gasteiger partial charge is 0.344 e. The first kappa shape index (κ1) is 22.2. The predicted octanol–water partition coefficient (Wildman–Crippen LogP) is 6.71. The van der Waals surface area contributed by atoms with Gasteiger partial charge in [0.2, 0.25) is 0 Å². The molecule has 5 rings (SSSR count). The minimum Gasteiger partial charge on any atom is -0.497 e. The third-order valence-electron chi connectivity index (χ3n) is 5.60. The average molecular weight is 462 g/mol. The third kappa shape index (κ3) is 5.14. The highest BCUT2D eigenvalue weighted by atomic mass is 16.5. The molecule has 0 amide bonds. The maximum atomic E-state index is 13.2. The van der Waals surface area contributed by atoms with E-state index in [1.54, 1.807) is 37.4 Å². The van der Waals surface area contributed by atoms with Gasteiger partial charge in [-0.3, -0.25) is 0 Å². The zero-order valence-corrected chi connectivity index (χ0v) is 19.2. The van der Waals surface area contributed by atoms with Gasteiger partial charge in [0.05, 0.1) is 23.9 Å². The minimum atomic E-state index is -0.448. The normalized spacial score (nSPS) is 10.7. The number of fused-ring (bicyclic) bond motifs is 1. The van der Waals surface area contributed by atoms with Gasteiger partial charge in [-0.25, -0.2) is 9.78 Å². The molecule has 1 heterocycles. The molecule has 0 bridgehead atoms. The molecule has 4 aromatic carbocycles. The summed E-state index contributed by atoms with van der Waals surface area (Å²) in [4.78, 5) is 17.9. The first-order chi connectivity index (χ1) is 17.2. The molecule has 0 aliphatic heterocycles. The molecule has 1 aromatic heterocycles. The monoisotopic (exact) mass is 461 g/mol. The van der Waals surface area contributed by atoms with Crippen LogP contribution in [0.2, 0.25) is 0 Å². The van der Waals surface area contributed by atoms with Crippen LogP contribution in [-0.4, -0.2) is 18.1 Å². The Labute approximate surface area is 203 Å². The number of rotatable bonds is 7. The average Bonchev–Trinajstić information content (AvgIpc) is 2.92. The summed E-state index contributed by atoms with van der Waals surface area (Å²) in [6.07, 6.45) is 0. The largest absolute Gasteiger partial charge is 0.497 e. The Kier molecular flexibility index (Phi) is 6.39. The molecule has 35 heavy (non-hydrogen) atoms. The molecule has 0 N–H and O–H groups in total. The van der Waals surface area contributed by atoms with Gasteiger partial charge in [0, 0.05) is 10.9 Å². The van der Waals surface area contributed by atoms with E-state index in [2.05, 4.69) is 0 Å². The topological polar surface area (TPSA) is 57.7 Å². The van der Waals surface area contributed by atoms with Gasteiger partial charge in [-0.15, -0.1) is 0 Å². The van der Waals surface area contributed by atoms with Crippen LogP contribution in [0.4, 0.5) is 0 Å². The molecule has 0 radical (unpaired) electrons. The maximum Gasteiger partial charge on any atom is 0.344 e. The summed E-state index contributed by atoms with van der Waals surface area (Å²) in [6, 6.07) is 33.9. The van der Waals surface area contributed by atoms with Gasteiger partial charge >= 0.3 is 5.97 Å². The van der Waals surface area contributed by atoms with E-state index in [4.69, 9.17) is 19.2 Å². The van der Waals surface area contributed by atoms with E-state index in [1.165, 1.54) is 0 Å². The van der Waals surface area contributed by atoms with Crippen LogP contribution >= 0.6 is 0 Å². The Balaban J connectivity index is 1.37. The van der Waals surface area contributed by atoms with Crippen molar-refractivity contribution in [3.63, 3.8) is 0 Å². The van der Waals surface area contributed by atoms with Gasteiger partial charge < -0.3 is 14.2 Å². The third-order valence-corrected chi connectivity index (χ3v) is 5.60. The number of hydrogen-bond acceptors (Lipinski definition) is 5. The Morgan fingerprint density at radius 3 is 2.14 bits per heavy atom. The van der Waals surface area contributed by atoms with Crippen LogP contribution in [-0.2, 0) is 6.61 Å². The quantitative estimate of drug-likeness (QED) is 0.199. The first-order valence-electron chi connectivity index (χ1n) is 11.2. The summed E-state index contributed by atoms with van der Waals surface area (Å²) < 4.78 is 16.8. The number of carbonyl (C=O) groups is 1. The fourth-order valence-corrected chi connectivity index (χ4v) is 3.76. The van der Waals surface area contributed by atoms with E-state index < -0.39 is 5.97 Å². The summed E-state index contributed by atoms with van der Waals surface area (Å²) >= 11 is 0. The molecule has 0 atom stereocenters.